The summed E-state index contributed by atoms with van der Waals surface area (Å²) in [6.45, 7) is 2.14. The largest absolute Gasteiger partial charge is 0.496 e. The van der Waals surface area contributed by atoms with Gasteiger partial charge in [-0.3, -0.25) is 0 Å². The van der Waals surface area contributed by atoms with Gasteiger partial charge < -0.3 is 4.74 Å². The average Bonchev–Trinajstić information content (AvgIpc) is 2.70. The number of benzene rings is 1. The molecule has 0 amide bonds. The highest BCUT2D eigenvalue weighted by Gasteiger charge is 2.12. The van der Waals surface area contributed by atoms with Gasteiger partial charge in [0.15, 0.2) is 3.92 Å². The molecule has 2 aromatic rings. The lowest BCUT2D eigenvalue weighted by Crippen LogP contribution is -1.87. The third kappa shape index (κ3) is 2.72. The zero-order chi connectivity index (χ0) is 12.4. The molecule has 1 aromatic heterocycles. The molecule has 2 rings (SSSR count). The van der Waals surface area contributed by atoms with Crippen molar-refractivity contribution in [2.45, 2.75) is 13.3 Å². The van der Waals surface area contributed by atoms with Crippen LogP contribution in [-0.4, -0.2) is 12.1 Å². The van der Waals surface area contributed by atoms with Crippen LogP contribution in [-0.2, 0) is 6.42 Å². The molecular weight excluding hydrogens is 366 g/mol. The van der Waals surface area contributed by atoms with Crippen LogP contribution in [0.3, 0.4) is 0 Å². The maximum atomic E-state index is 5.22. The Morgan fingerprint density at radius 3 is 2.71 bits per heavy atom. The van der Waals surface area contributed by atoms with Crippen molar-refractivity contribution in [3.8, 4) is 17.0 Å². The average molecular weight is 377 g/mol. The van der Waals surface area contributed by atoms with Gasteiger partial charge in [0, 0.05) is 10.4 Å². The number of halogens is 2. The second-order valence-corrected chi connectivity index (χ2v) is 6.66. The lowest BCUT2D eigenvalue weighted by molar-refractivity contribution is 0.412. The monoisotopic (exact) mass is 375 g/mol. The molecule has 17 heavy (non-hydrogen) atoms. The number of hydrogen-bond donors (Lipinski definition) is 0. The number of hydrogen-bond acceptors (Lipinski definition) is 3. The van der Waals surface area contributed by atoms with E-state index in [0.29, 0.717) is 0 Å². The predicted molar refractivity (Wildman–Crippen MR) is 78.9 cm³/mol. The molecule has 0 fully saturated rings. The Morgan fingerprint density at radius 1 is 1.35 bits per heavy atom. The zero-order valence-electron chi connectivity index (χ0n) is 9.46. The van der Waals surface area contributed by atoms with Gasteiger partial charge in [0.25, 0.3) is 0 Å². The van der Waals surface area contributed by atoms with Crippen molar-refractivity contribution >= 4 is 43.2 Å². The normalized spacial score (nSPS) is 10.6. The van der Waals surface area contributed by atoms with Crippen molar-refractivity contribution in [1.82, 2.24) is 4.98 Å². The number of nitrogens with zero attached hydrogens (tertiary/aromatic N) is 1. The van der Waals surface area contributed by atoms with Gasteiger partial charge in [0.05, 0.1) is 17.3 Å². The molecule has 2 nitrogen and oxygen atoms in total. The van der Waals surface area contributed by atoms with Crippen molar-refractivity contribution in [3.05, 3.63) is 31.5 Å². The van der Waals surface area contributed by atoms with Crippen LogP contribution in [0.15, 0.2) is 26.6 Å². The molecule has 0 saturated heterocycles. The number of ether oxygens (including phenoxy) is 1. The van der Waals surface area contributed by atoms with Crippen LogP contribution in [0.5, 0.6) is 5.75 Å². The first-order chi connectivity index (χ1) is 8.15. The highest BCUT2D eigenvalue weighted by Crippen LogP contribution is 2.35. The molecule has 0 N–H and O–H groups in total. The SMILES string of the molecule is CCc1sc(Br)nc1-c1ccc(OC)c(Br)c1. The zero-order valence-corrected chi connectivity index (χ0v) is 13.4. The van der Waals surface area contributed by atoms with E-state index in [-0.39, 0.29) is 0 Å². The second-order valence-electron chi connectivity index (χ2n) is 3.44. The van der Waals surface area contributed by atoms with E-state index in [1.54, 1.807) is 18.4 Å². The summed E-state index contributed by atoms with van der Waals surface area (Å²) in [5.74, 6) is 0.834. The van der Waals surface area contributed by atoms with Crippen LogP contribution in [0.25, 0.3) is 11.3 Å². The number of aryl methyl sites for hydroxylation is 1. The molecule has 1 heterocycles. The fourth-order valence-corrected chi connectivity index (χ4v) is 3.65. The first-order valence-electron chi connectivity index (χ1n) is 5.14. The van der Waals surface area contributed by atoms with Crippen molar-refractivity contribution in [2.24, 2.45) is 0 Å². The number of methoxy groups -OCH3 is 1. The summed E-state index contributed by atoms with van der Waals surface area (Å²) in [5, 5.41) is 0. The Balaban J connectivity index is 2.49. The molecule has 90 valence electrons. The molecule has 0 unspecified atom stereocenters. The molecular formula is C12H11Br2NOS. The standard InChI is InChI=1S/C12H11Br2NOS/c1-3-10-11(15-12(14)17-10)7-4-5-9(16-2)8(13)6-7/h4-6H,3H2,1-2H3. The highest BCUT2D eigenvalue weighted by atomic mass is 79.9. The van der Waals surface area contributed by atoms with E-state index >= 15 is 0 Å². The molecule has 1 aromatic carbocycles. The summed E-state index contributed by atoms with van der Waals surface area (Å²) in [7, 11) is 1.66. The Kier molecular flexibility index (Phi) is 4.22. The molecule has 0 aliphatic rings. The van der Waals surface area contributed by atoms with Crippen molar-refractivity contribution in [1.29, 1.82) is 0 Å². The van der Waals surface area contributed by atoms with E-state index < -0.39 is 0 Å². The Labute approximate surface area is 121 Å². The topological polar surface area (TPSA) is 22.1 Å². The molecule has 0 spiro atoms. The van der Waals surface area contributed by atoms with Gasteiger partial charge in [-0.05, 0) is 56.5 Å². The van der Waals surface area contributed by atoms with E-state index in [0.717, 1.165) is 31.8 Å². The smallest absolute Gasteiger partial charge is 0.160 e. The molecule has 0 aliphatic carbocycles. The summed E-state index contributed by atoms with van der Waals surface area (Å²) < 4.78 is 7.10. The third-order valence-electron chi connectivity index (χ3n) is 2.42. The third-order valence-corrected chi connectivity index (χ3v) is 4.69. The molecule has 0 atom stereocenters. The second kappa shape index (κ2) is 5.50. The lowest BCUT2D eigenvalue weighted by atomic mass is 10.1. The fraction of sp³-hybridized carbons (Fsp3) is 0.250. The van der Waals surface area contributed by atoms with E-state index in [9.17, 15) is 0 Å². The van der Waals surface area contributed by atoms with Gasteiger partial charge in [0.1, 0.15) is 5.75 Å². The molecule has 0 saturated carbocycles. The van der Waals surface area contributed by atoms with Gasteiger partial charge in [0.2, 0.25) is 0 Å². The first kappa shape index (κ1) is 13.1. The Bertz CT molecular complexity index is 539. The minimum Gasteiger partial charge on any atom is -0.496 e. The van der Waals surface area contributed by atoms with Crippen molar-refractivity contribution < 1.29 is 4.74 Å². The van der Waals surface area contributed by atoms with Gasteiger partial charge in [-0.1, -0.05) is 6.92 Å². The van der Waals surface area contributed by atoms with Gasteiger partial charge in [-0.2, -0.15) is 0 Å². The summed E-state index contributed by atoms with van der Waals surface area (Å²) >= 11 is 8.62. The maximum absolute atomic E-state index is 5.22. The van der Waals surface area contributed by atoms with Crippen molar-refractivity contribution in [2.75, 3.05) is 7.11 Å². The molecule has 0 bridgehead atoms. The number of rotatable bonds is 3. The van der Waals surface area contributed by atoms with Crippen LogP contribution >= 0.6 is 43.2 Å². The molecule has 0 aliphatic heterocycles. The van der Waals surface area contributed by atoms with Gasteiger partial charge in [-0.25, -0.2) is 4.98 Å². The van der Waals surface area contributed by atoms with Crippen LogP contribution in [0.2, 0.25) is 0 Å². The van der Waals surface area contributed by atoms with E-state index in [1.807, 2.05) is 18.2 Å². The Hall–Kier alpha value is -0.390. The summed E-state index contributed by atoms with van der Waals surface area (Å²) in [4.78, 5) is 5.81. The summed E-state index contributed by atoms with van der Waals surface area (Å²) in [6.07, 6.45) is 0.988. The first-order valence-corrected chi connectivity index (χ1v) is 7.55. The summed E-state index contributed by atoms with van der Waals surface area (Å²) in [5.41, 5.74) is 2.16. The minimum atomic E-state index is 0.834. The summed E-state index contributed by atoms with van der Waals surface area (Å²) in [6, 6.07) is 6.02. The van der Waals surface area contributed by atoms with E-state index in [2.05, 4.69) is 43.8 Å². The Morgan fingerprint density at radius 2 is 2.12 bits per heavy atom. The van der Waals surface area contributed by atoms with E-state index in [4.69, 9.17) is 4.74 Å². The van der Waals surface area contributed by atoms with Crippen molar-refractivity contribution in [3.63, 3.8) is 0 Å². The number of aromatic nitrogens is 1. The van der Waals surface area contributed by atoms with Crippen LogP contribution in [0.1, 0.15) is 11.8 Å². The maximum Gasteiger partial charge on any atom is 0.160 e. The van der Waals surface area contributed by atoms with Gasteiger partial charge in [-0.15, -0.1) is 11.3 Å². The predicted octanol–water partition coefficient (Wildman–Crippen LogP) is 4.91. The van der Waals surface area contributed by atoms with Crippen LogP contribution in [0.4, 0.5) is 0 Å². The number of thiazole rings is 1. The lowest BCUT2D eigenvalue weighted by Gasteiger charge is -2.05. The fourth-order valence-electron chi connectivity index (χ4n) is 1.60. The highest BCUT2D eigenvalue weighted by molar-refractivity contribution is 9.11. The van der Waals surface area contributed by atoms with Crippen LogP contribution < -0.4 is 4.74 Å². The molecule has 0 radical (unpaired) electrons. The van der Waals surface area contributed by atoms with Gasteiger partial charge >= 0.3 is 0 Å². The molecule has 5 heteroatoms. The van der Waals surface area contributed by atoms with E-state index in [1.165, 1.54) is 4.88 Å². The van der Waals surface area contributed by atoms with Crippen LogP contribution in [0, 0.1) is 0 Å². The minimum absolute atomic E-state index is 0.834. The quantitative estimate of drug-likeness (QED) is 0.759.